The molecule has 0 N–H and O–H groups in total. The number of hydrogen-bond acceptors (Lipinski definition) is 5. The number of carbonyl (C=O) groups excluding carboxylic acids is 1. The highest BCUT2D eigenvalue weighted by atomic mass is 16.5. The molecule has 0 saturated carbocycles. The lowest BCUT2D eigenvalue weighted by Gasteiger charge is -2.13. The Balaban J connectivity index is 3.19. The first-order valence-electron chi connectivity index (χ1n) is 6.72. The Morgan fingerprint density at radius 3 is 2.10 bits per heavy atom. The van der Waals surface area contributed by atoms with Crippen LogP contribution >= 0.6 is 0 Å². The van der Waals surface area contributed by atoms with Crippen LogP contribution in [0.2, 0.25) is 0 Å². The first kappa shape index (κ1) is 16.9. The summed E-state index contributed by atoms with van der Waals surface area (Å²) in [5, 5.41) is 0. The molecule has 0 aliphatic rings. The minimum Gasteiger partial charge on any atom is -0.496 e. The number of benzene rings is 1. The predicted octanol–water partition coefficient (Wildman–Crippen LogP) is 3.07. The van der Waals surface area contributed by atoms with E-state index in [2.05, 4.69) is 0 Å². The van der Waals surface area contributed by atoms with Gasteiger partial charge in [0.25, 0.3) is 0 Å². The fourth-order valence-corrected chi connectivity index (χ4v) is 1.76. The van der Waals surface area contributed by atoms with Crippen molar-refractivity contribution < 1.29 is 23.7 Å². The zero-order valence-corrected chi connectivity index (χ0v) is 13.2. The van der Waals surface area contributed by atoms with Crippen molar-refractivity contribution in [2.75, 3.05) is 27.9 Å². The fraction of sp³-hybridized carbons (Fsp3) is 0.438. The quantitative estimate of drug-likeness (QED) is 0.571. The Bertz CT molecular complexity index is 494. The molecule has 5 heteroatoms. The van der Waals surface area contributed by atoms with Gasteiger partial charge < -0.3 is 18.9 Å². The van der Waals surface area contributed by atoms with Crippen LogP contribution in [-0.2, 0) is 9.53 Å². The van der Waals surface area contributed by atoms with E-state index in [4.69, 9.17) is 18.9 Å². The molecule has 0 aliphatic heterocycles. The highest BCUT2D eigenvalue weighted by molar-refractivity contribution is 5.94. The van der Waals surface area contributed by atoms with Gasteiger partial charge in [0.15, 0.2) is 0 Å². The maximum Gasteiger partial charge on any atom is 0.333 e. The summed E-state index contributed by atoms with van der Waals surface area (Å²) in [6, 6.07) is 3.47. The lowest BCUT2D eigenvalue weighted by Crippen LogP contribution is -2.06. The molecule has 0 radical (unpaired) electrons. The maximum atomic E-state index is 11.8. The molecule has 0 amide bonds. The molecule has 1 aromatic carbocycles. The van der Waals surface area contributed by atoms with Crippen LogP contribution < -0.4 is 14.2 Å². The lowest BCUT2D eigenvalue weighted by molar-refractivity contribution is -0.138. The summed E-state index contributed by atoms with van der Waals surface area (Å²) in [6.07, 6.45) is 2.48. The van der Waals surface area contributed by atoms with Crippen molar-refractivity contribution in [3.8, 4) is 17.2 Å². The third kappa shape index (κ3) is 4.41. The second-order valence-corrected chi connectivity index (χ2v) is 4.41. The van der Waals surface area contributed by atoms with Crippen LogP contribution in [-0.4, -0.2) is 33.9 Å². The predicted molar refractivity (Wildman–Crippen MR) is 81.0 cm³/mol. The van der Waals surface area contributed by atoms with Gasteiger partial charge in [-0.1, -0.05) is 6.92 Å². The van der Waals surface area contributed by atoms with Gasteiger partial charge >= 0.3 is 5.97 Å². The Kier molecular flexibility index (Phi) is 6.59. The number of ether oxygens (including phenoxy) is 4. The second-order valence-electron chi connectivity index (χ2n) is 4.41. The van der Waals surface area contributed by atoms with Crippen LogP contribution in [0, 0.1) is 0 Å². The van der Waals surface area contributed by atoms with Crippen molar-refractivity contribution in [3.63, 3.8) is 0 Å². The van der Waals surface area contributed by atoms with E-state index >= 15 is 0 Å². The number of methoxy groups -OCH3 is 3. The Labute approximate surface area is 125 Å². The zero-order valence-electron chi connectivity index (χ0n) is 13.2. The molecular weight excluding hydrogens is 272 g/mol. The number of rotatable bonds is 7. The standard InChI is InChI=1S/C16H22O5/c1-6-7-21-16(17)11(2)8-13-14(19-4)9-12(18-3)10-15(13)20-5/h8-10H,6-7H2,1-5H3. The van der Waals surface area contributed by atoms with E-state index in [9.17, 15) is 4.79 Å². The molecule has 0 bridgehead atoms. The Hall–Kier alpha value is -2.17. The molecule has 0 fully saturated rings. The third-order valence-corrected chi connectivity index (χ3v) is 2.87. The number of carbonyl (C=O) groups is 1. The molecule has 0 saturated heterocycles. The van der Waals surface area contributed by atoms with Gasteiger partial charge in [0.2, 0.25) is 0 Å². The summed E-state index contributed by atoms with van der Waals surface area (Å²) in [7, 11) is 4.67. The minimum absolute atomic E-state index is 0.350. The van der Waals surface area contributed by atoms with Crippen LogP contribution in [0.5, 0.6) is 17.2 Å². The lowest BCUT2D eigenvalue weighted by atomic mass is 10.1. The molecule has 116 valence electrons. The van der Waals surface area contributed by atoms with E-state index in [0.29, 0.717) is 35.0 Å². The van der Waals surface area contributed by atoms with Crippen molar-refractivity contribution in [2.24, 2.45) is 0 Å². The number of hydrogen-bond donors (Lipinski definition) is 0. The zero-order chi connectivity index (χ0) is 15.8. The van der Waals surface area contributed by atoms with Crippen LogP contribution in [0.25, 0.3) is 6.08 Å². The molecule has 0 aromatic heterocycles. The van der Waals surface area contributed by atoms with Crippen LogP contribution in [0.1, 0.15) is 25.8 Å². The van der Waals surface area contributed by atoms with Gasteiger partial charge in [0, 0.05) is 17.7 Å². The van der Waals surface area contributed by atoms with E-state index in [0.717, 1.165) is 6.42 Å². The van der Waals surface area contributed by atoms with Crippen molar-refractivity contribution in [1.29, 1.82) is 0 Å². The second kappa shape index (κ2) is 8.19. The average molecular weight is 294 g/mol. The van der Waals surface area contributed by atoms with Gasteiger partial charge in [-0.25, -0.2) is 4.79 Å². The molecule has 0 unspecified atom stereocenters. The molecule has 0 atom stereocenters. The van der Waals surface area contributed by atoms with Crippen molar-refractivity contribution in [3.05, 3.63) is 23.3 Å². The van der Waals surface area contributed by atoms with Crippen molar-refractivity contribution >= 4 is 12.0 Å². The van der Waals surface area contributed by atoms with Gasteiger partial charge in [-0.05, 0) is 19.4 Å². The molecule has 1 aromatic rings. The van der Waals surface area contributed by atoms with E-state index < -0.39 is 0 Å². The van der Waals surface area contributed by atoms with Gasteiger partial charge in [-0.15, -0.1) is 0 Å². The Morgan fingerprint density at radius 2 is 1.67 bits per heavy atom. The summed E-state index contributed by atoms with van der Waals surface area (Å²) >= 11 is 0. The van der Waals surface area contributed by atoms with E-state index in [1.54, 1.807) is 46.5 Å². The summed E-state index contributed by atoms with van der Waals surface area (Å²) in [4.78, 5) is 11.8. The summed E-state index contributed by atoms with van der Waals surface area (Å²) in [6.45, 7) is 4.05. The van der Waals surface area contributed by atoms with Gasteiger partial charge in [-0.2, -0.15) is 0 Å². The molecule has 0 aliphatic carbocycles. The number of esters is 1. The normalized spacial score (nSPS) is 11.0. The first-order chi connectivity index (χ1) is 10.1. The summed E-state index contributed by atoms with van der Waals surface area (Å²) in [5.41, 5.74) is 1.15. The molecule has 0 heterocycles. The highest BCUT2D eigenvalue weighted by Crippen LogP contribution is 2.35. The Morgan fingerprint density at radius 1 is 1.10 bits per heavy atom. The van der Waals surface area contributed by atoms with E-state index in [1.165, 1.54) is 0 Å². The molecule has 21 heavy (non-hydrogen) atoms. The SMILES string of the molecule is CCCOC(=O)C(C)=Cc1c(OC)cc(OC)cc1OC. The average Bonchev–Trinajstić information content (AvgIpc) is 2.52. The molecule has 5 nitrogen and oxygen atoms in total. The van der Waals surface area contributed by atoms with Crippen LogP contribution in [0.15, 0.2) is 17.7 Å². The van der Waals surface area contributed by atoms with Gasteiger partial charge in [0.05, 0.1) is 33.5 Å². The molecule has 0 spiro atoms. The van der Waals surface area contributed by atoms with Crippen molar-refractivity contribution in [1.82, 2.24) is 0 Å². The molecular formula is C16H22O5. The summed E-state index contributed by atoms with van der Waals surface area (Å²) in [5.74, 6) is 1.39. The van der Waals surface area contributed by atoms with Gasteiger partial charge in [-0.3, -0.25) is 0 Å². The largest absolute Gasteiger partial charge is 0.496 e. The van der Waals surface area contributed by atoms with Gasteiger partial charge in [0.1, 0.15) is 17.2 Å². The van der Waals surface area contributed by atoms with Crippen LogP contribution in [0.3, 0.4) is 0 Å². The maximum absolute atomic E-state index is 11.8. The van der Waals surface area contributed by atoms with Crippen molar-refractivity contribution in [2.45, 2.75) is 20.3 Å². The monoisotopic (exact) mass is 294 g/mol. The van der Waals surface area contributed by atoms with E-state index in [-0.39, 0.29) is 5.97 Å². The smallest absolute Gasteiger partial charge is 0.333 e. The molecule has 1 rings (SSSR count). The third-order valence-electron chi connectivity index (χ3n) is 2.87. The summed E-state index contributed by atoms with van der Waals surface area (Å²) < 4.78 is 21.0. The fourth-order valence-electron chi connectivity index (χ4n) is 1.76. The minimum atomic E-state index is -0.350. The first-order valence-corrected chi connectivity index (χ1v) is 6.72. The van der Waals surface area contributed by atoms with Crippen LogP contribution in [0.4, 0.5) is 0 Å². The highest BCUT2D eigenvalue weighted by Gasteiger charge is 2.14. The topological polar surface area (TPSA) is 54.0 Å². The van der Waals surface area contributed by atoms with E-state index in [1.807, 2.05) is 6.92 Å².